The molecule has 0 radical (unpaired) electrons. The molecule has 4 heteroatoms. The molecule has 17 heavy (non-hydrogen) atoms. The zero-order valence-electron chi connectivity index (χ0n) is 9.02. The molecule has 0 heterocycles. The molecule has 0 fully saturated rings. The maximum atomic E-state index is 10.5. The Kier molecular flexibility index (Phi) is 5.12. The average molecular weight is 251 g/mol. The quantitative estimate of drug-likeness (QED) is 0.817. The van der Waals surface area contributed by atoms with Gasteiger partial charge in [0.05, 0.1) is 11.4 Å². The highest BCUT2D eigenvalue weighted by Crippen LogP contribution is 2.25. The summed E-state index contributed by atoms with van der Waals surface area (Å²) in [6.07, 6.45) is 8.19. The first kappa shape index (κ1) is 13.1. The van der Waals surface area contributed by atoms with Gasteiger partial charge in [-0.3, -0.25) is 4.79 Å². The van der Waals surface area contributed by atoms with Gasteiger partial charge in [0.2, 0.25) is 0 Å². The van der Waals surface area contributed by atoms with Gasteiger partial charge in [-0.15, -0.1) is 6.42 Å². The molecule has 0 unspecified atom stereocenters. The number of carboxylic acid groups (broad SMARTS) is 1. The van der Waals surface area contributed by atoms with Gasteiger partial charge in [0.1, 0.15) is 12.4 Å². The molecule has 3 nitrogen and oxygen atoms in total. The molecular weight excluding hydrogens is 240 g/mol. The molecule has 0 aromatic heterocycles. The van der Waals surface area contributed by atoms with Gasteiger partial charge >= 0.3 is 5.97 Å². The first-order valence-electron chi connectivity index (χ1n) is 4.87. The predicted octanol–water partition coefficient (Wildman–Crippen LogP) is 2.54. The van der Waals surface area contributed by atoms with Crippen LogP contribution in [0.3, 0.4) is 0 Å². The highest BCUT2D eigenvalue weighted by Gasteiger charge is 2.05. The summed E-state index contributed by atoms with van der Waals surface area (Å²) in [5.74, 6) is 1.95. The van der Waals surface area contributed by atoms with Crippen LogP contribution in [0.4, 0.5) is 0 Å². The number of carboxylic acids is 1. The van der Waals surface area contributed by atoms with Crippen molar-refractivity contribution in [2.75, 3.05) is 6.61 Å². The Morgan fingerprint density at radius 1 is 1.59 bits per heavy atom. The number of allylic oxidation sites excluding steroid dienone is 1. The van der Waals surface area contributed by atoms with E-state index in [1.165, 1.54) is 6.08 Å². The van der Waals surface area contributed by atoms with Crippen LogP contribution >= 0.6 is 11.6 Å². The third-order valence-electron chi connectivity index (χ3n) is 1.90. The van der Waals surface area contributed by atoms with Gasteiger partial charge in [0.15, 0.2) is 0 Å². The fraction of sp³-hybridized carbons (Fsp3) is 0.154. The van der Waals surface area contributed by atoms with Crippen LogP contribution < -0.4 is 4.74 Å². The molecule has 0 aliphatic carbocycles. The lowest BCUT2D eigenvalue weighted by Gasteiger charge is -2.06. The lowest BCUT2D eigenvalue weighted by atomic mass is 10.1. The van der Waals surface area contributed by atoms with E-state index in [0.29, 0.717) is 22.9 Å². The van der Waals surface area contributed by atoms with Crippen LogP contribution in [0.1, 0.15) is 5.56 Å². The van der Waals surface area contributed by atoms with Crippen molar-refractivity contribution in [2.45, 2.75) is 6.42 Å². The number of hydrogen-bond donors (Lipinski definition) is 1. The summed E-state index contributed by atoms with van der Waals surface area (Å²) < 4.78 is 5.34. The van der Waals surface area contributed by atoms with E-state index >= 15 is 0 Å². The van der Waals surface area contributed by atoms with Gasteiger partial charge in [-0.05, 0) is 29.8 Å². The summed E-state index contributed by atoms with van der Waals surface area (Å²) in [4.78, 5) is 10.5. The van der Waals surface area contributed by atoms with Crippen molar-refractivity contribution in [3.63, 3.8) is 0 Å². The van der Waals surface area contributed by atoms with E-state index in [1.54, 1.807) is 24.3 Å². The molecule has 1 aromatic carbocycles. The number of terminal acetylenes is 1. The molecule has 1 rings (SSSR count). The standard InChI is InChI=1S/C13H11ClO3/c1-2-3-4-7-17-12-6-5-10(8-11(12)14)9-13(15)16/h1,3-6,8H,7,9H2,(H,15,16). The van der Waals surface area contributed by atoms with E-state index in [4.69, 9.17) is 27.9 Å². The SMILES string of the molecule is C#CC=CCOc1ccc(CC(=O)O)cc1Cl. The number of benzene rings is 1. The van der Waals surface area contributed by atoms with Gasteiger partial charge in [-0.1, -0.05) is 23.6 Å². The zero-order valence-corrected chi connectivity index (χ0v) is 9.78. The molecule has 1 N–H and O–H groups in total. The Morgan fingerprint density at radius 2 is 2.35 bits per heavy atom. The number of ether oxygens (including phenoxy) is 1. The molecular formula is C13H11ClO3. The van der Waals surface area contributed by atoms with Crippen molar-refractivity contribution >= 4 is 17.6 Å². The van der Waals surface area contributed by atoms with Crippen molar-refractivity contribution < 1.29 is 14.6 Å². The van der Waals surface area contributed by atoms with E-state index in [9.17, 15) is 4.79 Å². The lowest BCUT2D eigenvalue weighted by molar-refractivity contribution is -0.136. The second-order valence-electron chi connectivity index (χ2n) is 3.22. The minimum Gasteiger partial charge on any atom is -0.488 e. The topological polar surface area (TPSA) is 46.5 Å². The minimum absolute atomic E-state index is 0.0585. The Hall–Kier alpha value is -1.92. The van der Waals surface area contributed by atoms with E-state index in [0.717, 1.165) is 0 Å². The van der Waals surface area contributed by atoms with Gasteiger partial charge < -0.3 is 9.84 Å². The molecule has 0 aliphatic heterocycles. The predicted molar refractivity (Wildman–Crippen MR) is 66.3 cm³/mol. The summed E-state index contributed by atoms with van der Waals surface area (Å²) >= 11 is 5.94. The Bertz CT molecular complexity index is 472. The van der Waals surface area contributed by atoms with Crippen molar-refractivity contribution in [3.8, 4) is 18.1 Å². The second-order valence-corrected chi connectivity index (χ2v) is 3.62. The summed E-state index contributed by atoms with van der Waals surface area (Å²) in [5, 5.41) is 9.01. The maximum absolute atomic E-state index is 10.5. The highest BCUT2D eigenvalue weighted by atomic mass is 35.5. The number of aliphatic carboxylic acids is 1. The monoisotopic (exact) mass is 250 g/mol. The van der Waals surface area contributed by atoms with Crippen LogP contribution in [0, 0.1) is 12.3 Å². The van der Waals surface area contributed by atoms with Gasteiger partial charge in [0.25, 0.3) is 0 Å². The molecule has 88 valence electrons. The van der Waals surface area contributed by atoms with Gasteiger partial charge in [0, 0.05) is 0 Å². The molecule has 0 bridgehead atoms. The molecule has 0 saturated heterocycles. The van der Waals surface area contributed by atoms with E-state index < -0.39 is 5.97 Å². The van der Waals surface area contributed by atoms with Gasteiger partial charge in [-0.25, -0.2) is 0 Å². The van der Waals surface area contributed by atoms with E-state index in [2.05, 4.69) is 5.92 Å². The third-order valence-corrected chi connectivity index (χ3v) is 2.20. The molecule has 0 atom stereocenters. The van der Waals surface area contributed by atoms with Crippen molar-refractivity contribution in [3.05, 3.63) is 40.9 Å². The maximum Gasteiger partial charge on any atom is 0.307 e. The molecule has 0 saturated carbocycles. The van der Waals surface area contributed by atoms with Crippen LogP contribution in [0.25, 0.3) is 0 Å². The largest absolute Gasteiger partial charge is 0.488 e. The van der Waals surface area contributed by atoms with Crippen molar-refractivity contribution in [1.29, 1.82) is 0 Å². The Balaban J connectivity index is 2.66. The molecule has 0 aliphatic rings. The van der Waals surface area contributed by atoms with Crippen molar-refractivity contribution in [1.82, 2.24) is 0 Å². The van der Waals surface area contributed by atoms with Crippen LogP contribution in [-0.2, 0) is 11.2 Å². The normalized spacial score (nSPS) is 10.1. The van der Waals surface area contributed by atoms with E-state index in [1.807, 2.05) is 0 Å². The summed E-state index contributed by atoms with van der Waals surface area (Å²) in [5.41, 5.74) is 0.633. The van der Waals surface area contributed by atoms with Crippen LogP contribution in [0.2, 0.25) is 5.02 Å². The average Bonchev–Trinajstić information content (AvgIpc) is 2.26. The first-order valence-corrected chi connectivity index (χ1v) is 5.25. The van der Waals surface area contributed by atoms with Crippen molar-refractivity contribution in [2.24, 2.45) is 0 Å². The fourth-order valence-electron chi connectivity index (χ4n) is 1.20. The molecule has 0 amide bonds. The number of rotatable bonds is 5. The number of hydrogen-bond acceptors (Lipinski definition) is 2. The minimum atomic E-state index is -0.897. The number of halogens is 1. The third kappa shape index (κ3) is 4.62. The van der Waals surface area contributed by atoms with Crippen LogP contribution in [-0.4, -0.2) is 17.7 Å². The van der Waals surface area contributed by atoms with E-state index in [-0.39, 0.29) is 6.42 Å². The summed E-state index contributed by atoms with van der Waals surface area (Å²) in [6.45, 7) is 0.322. The highest BCUT2D eigenvalue weighted by molar-refractivity contribution is 6.32. The van der Waals surface area contributed by atoms with Crippen LogP contribution in [0.15, 0.2) is 30.4 Å². The molecule has 1 aromatic rings. The smallest absolute Gasteiger partial charge is 0.307 e. The summed E-state index contributed by atoms with van der Waals surface area (Å²) in [6, 6.07) is 4.89. The molecule has 0 spiro atoms. The lowest BCUT2D eigenvalue weighted by Crippen LogP contribution is -2.00. The summed E-state index contributed by atoms with van der Waals surface area (Å²) in [7, 11) is 0. The zero-order chi connectivity index (χ0) is 12.7. The fourth-order valence-corrected chi connectivity index (χ4v) is 1.46. The Morgan fingerprint density at radius 3 is 2.94 bits per heavy atom. The first-order chi connectivity index (χ1) is 8.13. The Labute approximate surface area is 105 Å². The van der Waals surface area contributed by atoms with Gasteiger partial charge in [-0.2, -0.15) is 0 Å². The second kappa shape index (κ2) is 6.62. The number of carbonyl (C=O) groups is 1. The van der Waals surface area contributed by atoms with Crippen LogP contribution in [0.5, 0.6) is 5.75 Å².